The van der Waals surface area contributed by atoms with Crippen LogP contribution in [0.3, 0.4) is 0 Å². The monoisotopic (exact) mass is 508 g/mol. The number of rotatable bonds is 0. The number of hydrogen-bond acceptors (Lipinski definition) is 0. The molecule has 0 spiro atoms. The van der Waals surface area contributed by atoms with E-state index in [1.165, 1.54) is 23.9 Å². The molecule has 108 valence electrons. The average molecular weight is 508 g/mol. The normalized spacial score (nSPS) is 27.6. The van der Waals surface area contributed by atoms with Crippen LogP contribution in [-0.4, -0.2) is 0 Å². The van der Waals surface area contributed by atoms with Crippen LogP contribution in [0.2, 0.25) is 0 Å². The molecule has 0 N–H and O–H groups in total. The summed E-state index contributed by atoms with van der Waals surface area (Å²) >= 11 is 5.03. The van der Waals surface area contributed by atoms with Gasteiger partial charge in [0.05, 0.1) is 0 Å². The van der Waals surface area contributed by atoms with Gasteiger partial charge in [-0.15, -0.1) is 0 Å². The van der Waals surface area contributed by atoms with E-state index in [0.29, 0.717) is 11.8 Å². The van der Waals surface area contributed by atoms with E-state index < -0.39 is 0 Å². The van der Waals surface area contributed by atoms with E-state index in [0.717, 1.165) is 12.8 Å². The standard InChI is InChI=1S/C20H14I2/c21-17-9-8-14-12-4-2-6-16-18(22)10-7-13(20(12)16)11-3-1-5-15(17)19(11)14/h1-5,7,9-10,14,16H,6,8H2. The van der Waals surface area contributed by atoms with Crippen LogP contribution in [0.15, 0.2) is 63.3 Å². The molecule has 0 saturated carbocycles. The number of halogens is 2. The second kappa shape index (κ2) is 4.94. The van der Waals surface area contributed by atoms with Crippen molar-refractivity contribution in [3.8, 4) is 0 Å². The van der Waals surface area contributed by atoms with Crippen LogP contribution in [0.1, 0.15) is 35.4 Å². The summed E-state index contributed by atoms with van der Waals surface area (Å²) in [5.41, 5.74) is 9.14. The molecule has 1 aromatic rings. The largest absolute Gasteiger partial charge is 0.0833 e. The Balaban J connectivity index is 1.88. The lowest BCUT2D eigenvalue weighted by molar-refractivity contribution is 0.709. The summed E-state index contributed by atoms with van der Waals surface area (Å²) in [5, 5.41) is 0. The first-order valence-corrected chi connectivity index (χ1v) is 9.89. The number of allylic oxidation sites excluding steroid dienone is 9. The summed E-state index contributed by atoms with van der Waals surface area (Å²) in [6.45, 7) is 0. The third-order valence-electron chi connectivity index (χ3n) is 5.27. The van der Waals surface area contributed by atoms with Gasteiger partial charge in [-0.25, -0.2) is 0 Å². The highest BCUT2D eigenvalue weighted by Gasteiger charge is 2.38. The first-order valence-electron chi connectivity index (χ1n) is 7.73. The van der Waals surface area contributed by atoms with Crippen LogP contribution >= 0.6 is 45.2 Å². The maximum absolute atomic E-state index is 2.53. The number of fused-ring (bicyclic) bond motifs is 2. The molecule has 4 aliphatic rings. The molecule has 0 amide bonds. The Morgan fingerprint density at radius 1 is 0.955 bits per heavy atom. The molecule has 0 aromatic heterocycles. The maximum Gasteiger partial charge on any atom is 0.0191 e. The second-order valence-electron chi connectivity index (χ2n) is 6.30. The fraction of sp³-hybridized carbons (Fsp3) is 0.200. The lowest BCUT2D eigenvalue weighted by Crippen LogP contribution is -2.24. The Bertz CT molecular complexity index is 862. The predicted molar refractivity (Wildman–Crippen MR) is 110 cm³/mol. The van der Waals surface area contributed by atoms with Gasteiger partial charge in [0.15, 0.2) is 0 Å². The van der Waals surface area contributed by atoms with E-state index in [2.05, 4.69) is 93.8 Å². The van der Waals surface area contributed by atoms with Gasteiger partial charge in [0.25, 0.3) is 0 Å². The minimum absolute atomic E-state index is 0.554. The Hall–Kier alpha value is -0.620. The molecule has 2 unspecified atom stereocenters. The molecule has 22 heavy (non-hydrogen) atoms. The zero-order chi connectivity index (χ0) is 14.8. The number of hydrogen-bond donors (Lipinski definition) is 0. The Kier molecular flexibility index (Phi) is 3.09. The van der Waals surface area contributed by atoms with Gasteiger partial charge in [0.2, 0.25) is 0 Å². The SMILES string of the molecule is IC1=CCC2C3=C4C(=CC=C(I)C4CC=C3)c3cccc1c32. The fourth-order valence-corrected chi connectivity index (χ4v) is 5.83. The van der Waals surface area contributed by atoms with Crippen molar-refractivity contribution in [1.82, 2.24) is 0 Å². The summed E-state index contributed by atoms with van der Waals surface area (Å²) < 4.78 is 2.89. The van der Waals surface area contributed by atoms with Gasteiger partial charge < -0.3 is 0 Å². The summed E-state index contributed by atoms with van der Waals surface area (Å²) in [6, 6.07) is 6.85. The third kappa shape index (κ3) is 1.74. The molecule has 0 radical (unpaired) electrons. The maximum atomic E-state index is 2.53. The molecule has 1 aromatic carbocycles. The third-order valence-corrected chi connectivity index (χ3v) is 7.40. The van der Waals surface area contributed by atoms with Crippen molar-refractivity contribution in [3.05, 3.63) is 80.0 Å². The van der Waals surface area contributed by atoms with E-state index in [9.17, 15) is 0 Å². The molecule has 5 rings (SSSR count). The van der Waals surface area contributed by atoms with Crippen LogP contribution in [-0.2, 0) is 0 Å². The Morgan fingerprint density at radius 2 is 1.82 bits per heavy atom. The van der Waals surface area contributed by atoms with E-state index in [4.69, 9.17) is 0 Å². The van der Waals surface area contributed by atoms with Gasteiger partial charge >= 0.3 is 0 Å². The summed E-state index contributed by atoms with van der Waals surface area (Å²) in [4.78, 5) is 0. The zero-order valence-corrected chi connectivity index (χ0v) is 16.3. The molecule has 0 heterocycles. The Morgan fingerprint density at radius 3 is 2.73 bits per heavy atom. The van der Waals surface area contributed by atoms with Crippen molar-refractivity contribution >= 4 is 54.3 Å². The summed E-state index contributed by atoms with van der Waals surface area (Å²) in [7, 11) is 0. The van der Waals surface area contributed by atoms with Gasteiger partial charge in [0.1, 0.15) is 0 Å². The number of benzene rings is 1. The van der Waals surface area contributed by atoms with Crippen molar-refractivity contribution in [2.75, 3.05) is 0 Å². The van der Waals surface area contributed by atoms with Crippen LogP contribution < -0.4 is 0 Å². The van der Waals surface area contributed by atoms with Crippen molar-refractivity contribution in [2.24, 2.45) is 5.92 Å². The molecule has 0 bridgehead atoms. The lowest BCUT2D eigenvalue weighted by Gasteiger charge is -2.40. The zero-order valence-electron chi connectivity index (χ0n) is 11.9. The van der Waals surface area contributed by atoms with Crippen LogP contribution in [0.5, 0.6) is 0 Å². The first-order chi connectivity index (χ1) is 10.8. The molecular weight excluding hydrogens is 494 g/mol. The van der Waals surface area contributed by atoms with Crippen LogP contribution in [0.25, 0.3) is 9.15 Å². The van der Waals surface area contributed by atoms with Crippen molar-refractivity contribution in [1.29, 1.82) is 0 Å². The van der Waals surface area contributed by atoms with E-state index >= 15 is 0 Å². The molecule has 0 nitrogen and oxygen atoms in total. The van der Waals surface area contributed by atoms with Gasteiger partial charge in [0, 0.05) is 15.4 Å². The topological polar surface area (TPSA) is 0 Å². The van der Waals surface area contributed by atoms with Gasteiger partial charge in [-0.2, -0.15) is 0 Å². The van der Waals surface area contributed by atoms with Gasteiger partial charge in [-0.05, 0) is 95.0 Å². The average Bonchev–Trinajstić information content (AvgIpc) is 2.55. The van der Waals surface area contributed by atoms with Crippen molar-refractivity contribution in [3.63, 3.8) is 0 Å². The quantitative estimate of drug-likeness (QED) is 0.349. The molecule has 2 atom stereocenters. The van der Waals surface area contributed by atoms with E-state index in [1.807, 2.05) is 0 Å². The summed E-state index contributed by atoms with van der Waals surface area (Å²) in [6.07, 6.45) is 14.2. The molecule has 0 saturated heterocycles. The molecular formula is C20H14I2. The minimum Gasteiger partial charge on any atom is -0.0833 e. The molecule has 2 heteroatoms. The Labute approximate surface area is 158 Å². The minimum atomic E-state index is 0.554. The highest BCUT2D eigenvalue weighted by Crippen LogP contribution is 2.56. The van der Waals surface area contributed by atoms with Crippen LogP contribution in [0, 0.1) is 5.92 Å². The highest BCUT2D eigenvalue weighted by molar-refractivity contribution is 14.1. The lowest BCUT2D eigenvalue weighted by atomic mass is 9.65. The molecule has 0 fully saturated rings. The fourth-order valence-electron chi connectivity index (χ4n) is 4.36. The van der Waals surface area contributed by atoms with Crippen LogP contribution in [0.4, 0.5) is 0 Å². The van der Waals surface area contributed by atoms with Gasteiger partial charge in [-0.3, -0.25) is 0 Å². The molecule has 4 aliphatic carbocycles. The van der Waals surface area contributed by atoms with Gasteiger partial charge in [-0.1, -0.05) is 48.6 Å². The second-order valence-corrected chi connectivity index (χ2v) is 8.71. The predicted octanol–water partition coefficient (Wildman–Crippen LogP) is 6.55. The highest BCUT2D eigenvalue weighted by atomic mass is 127. The first kappa shape index (κ1) is 13.8. The summed E-state index contributed by atoms with van der Waals surface area (Å²) in [5.74, 6) is 1.14. The van der Waals surface area contributed by atoms with E-state index in [-0.39, 0.29) is 0 Å². The molecule has 0 aliphatic heterocycles. The van der Waals surface area contributed by atoms with Crippen molar-refractivity contribution < 1.29 is 0 Å². The smallest absolute Gasteiger partial charge is 0.0191 e. The van der Waals surface area contributed by atoms with E-state index in [1.54, 1.807) is 16.7 Å². The van der Waals surface area contributed by atoms with Crippen molar-refractivity contribution in [2.45, 2.75) is 18.8 Å².